The van der Waals surface area contributed by atoms with Gasteiger partial charge in [0.1, 0.15) is 0 Å². The number of hydrogen-bond acceptors (Lipinski definition) is 4. The second-order valence-electron chi connectivity index (χ2n) is 6.71. The van der Waals surface area contributed by atoms with E-state index in [0.29, 0.717) is 24.3 Å². The number of alkyl halides is 3. The lowest BCUT2D eigenvalue weighted by Gasteiger charge is -2.28. The van der Waals surface area contributed by atoms with E-state index >= 15 is 0 Å². The van der Waals surface area contributed by atoms with Crippen LogP contribution in [-0.4, -0.2) is 25.4 Å². The maximum Gasteiger partial charge on any atom is 0.416 e. The highest BCUT2D eigenvalue weighted by Crippen LogP contribution is 2.33. The second kappa shape index (κ2) is 9.30. The molecule has 4 nitrogen and oxygen atoms in total. The van der Waals surface area contributed by atoms with Gasteiger partial charge in [-0.15, -0.1) is 0 Å². The summed E-state index contributed by atoms with van der Waals surface area (Å²) in [6, 6.07) is 9.46. The van der Waals surface area contributed by atoms with E-state index in [9.17, 15) is 18.3 Å². The Kier molecular flexibility index (Phi) is 7.32. The van der Waals surface area contributed by atoms with Crippen LogP contribution in [0.2, 0.25) is 0 Å². The first-order valence-electron chi connectivity index (χ1n) is 9.03. The highest BCUT2D eigenvalue weighted by atomic mass is 19.4. The van der Waals surface area contributed by atoms with Crippen LogP contribution >= 0.6 is 0 Å². The molecule has 0 bridgehead atoms. The number of rotatable bonds is 8. The van der Waals surface area contributed by atoms with Crippen molar-refractivity contribution in [1.29, 1.82) is 0 Å². The fourth-order valence-electron chi connectivity index (χ4n) is 3.24. The molecule has 3 N–H and O–H groups in total. The Balaban J connectivity index is 2.20. The normalized spacial score (nSPS) is 15.0. The number of benzene rings is 2. The summed E-state index contributed by atoms with van der Waals surface area (Å²) < 4.78 is 49.4. The summed E-state index contributed by atoms with van der Waals surface area (Å²) >= 11 is 0. The van der Waals surface area contributed by atoms with Gasteiger partial charge in [0.25, 0.3) is 0 Å². The molecule has 7 heteroatoms. The summed E-state index contributed by atoms with van der Waals surface area (Å²) in [6.07, 6.45) is -4.46. The average Bonchev–Trinajstić information content (AvgIpc) is 2.70. The zero-order chi connectivity index (χ0) is 20.9. The van der Waals surface area contributed by atoms with Crippen molar-refractivity contribution in [3.05, 3.63) is 59.2 Å². The number of hydrogen-bond donors (Lipinski definition) is 2. The molecule has 3 atom stereocenters. The molecule has 0 fully saturated rings. The Labute approximate surface area is 163 Å². The molecule has 0 heterocycles. The first-order valence-corrected chi connectivity index (χ1v) is 9.03. The molecule has 0 aliphatic rings. The van der Waals surface area contributed by atoms with Crippen LogP contribution in [0, 0.1) is 5.92 Å². The number of methoxy groups -OCH3 is 2. The van der Waals surface area contributed by atoms with E-state index in [1.165, 1.54) is 12.1 Å². The highest BCUT2D eigenvalue weighted by molar-refractivity contribution is 5.43. The number of aliphatic hydroxyl groups is 1. The molecule has 0 aliphatic heterocycles. The average molecular weight is 397 g/mol. The number of halogens is 3. The Morgan fingerprint density at radius 2 is 1.71 bits per heavy atom. The van der Waals surface area contributed by atoms with E-state index in [1.807, 2.05) is 19.1 Å². The molecule has 2 aromatic rings. The smallest absolute Gasteiger partial charge is 0.416 e. The Hall–Kier alpha value is -2.25. The zero-order valence-electron chi connectivity index (χ0n) is 16.2. The third-order valence-corrected chi connectivity index (χ3v) is 4.93. The molecule has 0 saturated heterocycles. The SMILES string of the molecule is CCC(Cc1ccc(OC)c(OC)c1)C(N)C(O)c1cccc(C(F)(F)F)c1. The highest BCUT2D eigenvalue weighted by Gasteiger charge is 2.32. The van der Waals surface area contributed by atoms with Gasteiger partial charge < -0.3 is 20.3 Å². The minimum Gasteiger partial charge on any atom is -0.493 e. The van der Waals surface area contributed by atoms with Crippen molar-refractivity contribution in [3.63, 3.8) is 0 Å². The molecule has 0 spiro atoms. The standard InChI is InChI=1S/C21H26F3NO3/c1-4-14(10-13-8-9-17(27-2)18(11-13)28-3)19(25)20(26)15-6-5-7-16(12-15)21(22,23)24/h5-9,11-12,14,19-20,26H,4,10,25H2,1-3H3. The summed E-state index contributed by atoms with van der Waals surface area (Å²) in [6.45, 7) is 1.93. The predicted molar refractivity (Wildman–Crippen MR) is 101 cm³/mol. The van der Waals surface area contributed by atoms with Gasteiger partial charge in [-0.05, 0) is 47.7 Å². The van der Waals surface area contributed by atoms with Gasteiger partial charge in [0.05, 0.1) is 25.9 Å². The van der Waals surface area contributed by atoms with E-state index in [1.54, 1.807) is 20.3 Å². The zero-order valence-corrected chi connectivity index (χ0v) is 16.2. The molecule has 0 saturated carbocycles. The van der Waals surface area contributed by atoms with Crippen molar-refractivity contribution in [1.82, 2.24) is 0 Å². The van der Waals surface area contributed by atoms with Gasteiger partial charge in [0, 0.05) is 6.04 Å². The maximum absolute atomic E-state index is 12.9. The third kappa shape index (κ3) is 5.17. The summed E-state index contributed by atoms with van der Waals surface area (Å²) in [4.78, 5) is 0. The van der Waals surface area contributed by atoms with E-state index < -0.39 is 23.9 Å². The minimum atomic E-state index is -4.47. The molecule has 154 valence electrons. The summed E-state index contributed by atoms with van der Waals surface area (Å²) in [5, 5.41) is 10.6. The minimum absolute atomic E-state index is 0.136. The van der Waals surface area contributed by atoms with Crippen LogP contribution in [0.4, 0.5) is 13.2 Å². The lowest BCUT2D eigenvalue weighted by molar-refractivity contribution is -0.137. The van der Waals surface area contributed by atoms with Crippen LogP contribution in [0.3, 0.4) is 0 Å². The summed E-state index contributed by atoms with van der Waals surface area (Å²) in [7, 11) is 3.09. The molecule has 0 amide bonds. The van der Waals surface area contributed by atoms with Crippen molar-refractivity contribution in [3.8, 4) is 11.5 Å². The number of nitrogens with two attached hydrogens (primary N) is 1. The van der Waals surface area contributed by atoms with E-state index in [2.05, 4.69) is 0 Å². The molecular formula is C21H26F3NO3. The van der Waals surface area contributed by atoms with Crippen LogP contribution < -0.4 is 15.2 Å². The number of aliphatic hydroxyl groups excluding tert-OH is 1. The van der Waals surface area contributed by atoms with E-state index in [0.717, 1.165) is 17.7 Å². The fraction of sp³-hybridized carbons (Fsp3) is 0.429. The van der Waals surface area contributed by atoms with Crippen LogP contribution in [0.1, 0.15) is 36.1 Å². The molecule has 28 heavy (non-hydrogen) atoms. The Morgan fingerprint density at radius 3 is 2.29 bits per heavy atom. The van der Waals surface area contributed by atoms with Gasteiger partial charge in [-0.25, -0.2) is 0 Å². The molecule has 3 unspecified atom stereocenters. The second-order valence-corrected chi connectivity index (χ2v) is 6.71. The largest absolute Gasteiger partial charge is 0.493 e. The van der Waals surface area contributed by atoms with Crippen LogP contribution in [0.15, 0.2) is 42.5 Å². The summed E-state index contributed by atoms with van der Waals surface area (Å²) in [5.74, 6) is 1.05. The first kappa shape index (κ1) is 22.0. The van der Waals surface area contributed by atoms with Gasteiger partial charge >= 0.3 is 6.18 Å². The Morgan fingerprint density at radius 1 is 1.04 bits per heavy atom. The van der Waals surface area contributed by atoms with Gasteiger partial charge in [-0.1, -0.05) is 31.5 Å². The topological polar surface area (TPSA) is 64.7 Å². The van der Waals surface area contributed by atoms with Gasteiger partial charge in [-0.2, -0.15) is 13.2 Å². The number of ether oxygens (including phenoxy) is 2. The predicted octanol–water partition coefficient (Wildman–Crippen LogP) is 4.35. The third-order valence-electron chi connectivity index (χ3n) is 4.93. The molecule has 0 radical (unpaired) electrons. The van der Waals surface area contributed by atoms with Gasteiger partial charge in [0.2, 0.25) is 0 Å². The van der Waals surface area contributed by atoms with Gasteiger partial charge in [-0.3, -0.25) is 0 Å². The van der Waals surface area contributed by atoms with Crippen molar-refractivity contribution < 1.29 is 27.8 Å². The molecule has 2 aromatic carbocycles. The molecular weight excluding hydrogens is 371 g/mol. The monoisotopic (exact) mass is 397 g/mol. The molecule has 0 aliphatic carbocycles. The van der Waals surface area contributed by atoms with Gasteiger partial charge in [0.15, 0.2) is 11.5 Å². The van der Waals surface area contributed by atoms with Crippen LogP contribution in [-0.2, 0) is 12.6 Å². The molecule has 2 rings (SSSR count). The fourth-order valence-corrected chi connectivity index (χ4v) is 3.24. The van der Waals surface area contributed by atoms with Crippen LogP contribution in [0.25, 0.3) is 0 Å². The first-order chi connectivity index (χ1) is 13.2. The lowest BCUT2D eigenvalue weighted by atomic mass is 9.85. The maximum atomic E-state index is 12.9. The quantitative estimate of drug-likeness (QED) is 0.695. The summed E-state index contributed by atoms with van der Waals surface area (Å²) in [5.41, 5.74) is 6.55. The van der Waals surface area contributed by atoms with Crippen molar-refractivity contribution in [2.75, 3.05) is 14.2 Å². The van der Waals surface area contributed by atoms with Crippen molar-refractivity contribution in [2.24, 2.45) is 11.7 Å². The van der Waals surface area contributed by atoms with E-state index in [4.69, 9.17) is 15.2 Å². The Bertz CT molecular complexity index is 780. The lowest BCUT2D eigenvalue weighted by Crippen LogP contribution is -2.37. The van der Waals surface area contributed by atoms with E-state index in [-0.39, 0.29) is 11.5 Å². The van der Waals surface area contributed by atoms with Crippen LogP contribution in [0.5, 0.6) is 11.5 Å². The van der Waals surface area contributed by atoms with Crippen molar-refractivity contribution >= 4 is 0 Å². The molecule has 0 aromatic heterocycles. The van der Waals surface area contributed by atoms with Crippen molar-refractivity contribution in [2.45, 2.75) is 38.1 Å².